The summed E-state index contributed by atoms with van der Waals surface area (Å²) in [5.41, 5.74) is 0. The Balaban J connectivity index is -0.000000252. The number of imide groups is 4. The molecule has 0 aromatic rings. The summed E-state index contributed by atoms with van der Waals surface area (Å²) in [6, 6.07) is 0. The van der Waals surface area contributed by atoms with Crippen molar-refractivity contribution in [2.45, 2.75) is 226 Å². The van der Waals surface area contributed by atoms with Crippen molar-refractivity contribution in [3.8, 4) is 0 Å². The molecular formula is C71H152N6O27. The second-order valence-corrected chi connectivity index (χ2v) is 17.9. The molecule has 2 fully saturated rings. The quantitative estimate of drug-likeness (QED) is 0.0188. The van der Waals surface area contributed by atoms with Crippen molar-refractivity contribution in [2.75, 3.05) is 139 Å². The van der Waals surface area contributed by atoms with E-state index in [2.05, 4.69) is 26.9 Å². The summed E-state index contributed by atoms with van der Waals surface area (Å²) < 4.78 is 72.4. The highest BCUT2D eigenvalue weighted by atomic mass is 16.8. The Morgan fingerprint density at radius 2 is 0.625 bits per heavy atom. The van der Waals surface area contributed by atoms with Gasteiger partial charge in [-0.2, -0.15) is 0 Å². The van der Waals surface area contributed by atoms with Crippen molar-refractivity contribution in [3.05, 3.63) is 36.6 Å². The number of amides is 10. The molecule has 2 unspecified atom stereocenters. The lowest BCUT2D eigenvalue weighted by atomic mass is 10.3. The van der Waals surface area contributed by atoms with Crippen LogP contribution in [0.2, 0.25) is 0 Å². The molecule has 4 heterocycles. The van der Waals surface area contributed by atoms with Gasteiger partial charge in [-0.3, -0.25) is 67.4 Å². The first kappa shape index (κ1) is 139. The van der Waals surface area contributed by atoms with E-state index >= 15 is 0 Å². The highest BCUT2D eigenvalue weighted by molar-refractivity contribution is 6.13. The van der Waals surface area contributed by atoms with Gasteiger partial charge in [-0.05, 0) is 13.8 Å². The lowest BCUT2D eigenvalue weighted by molar-refractivity contribution is -0.178. The maximum Gasteiger partial charge on any atom is 0.534 e. The predicted molar refractivity (Wildman–Crippen MR) is 409 cm³/mol. The Labute approximate surface area is 629 Å². The van der Waals surface area contributed by atoms with Crippen molar-refractivity contribution in [1.82, 2.24) is 30.6 Å². The second kappa shape index (κ2) is 79.8. The molecule has 0 radical (unpaired) electrons. The fourth-order valence-electron chi connectivity index (χ4n) is 7.10. The van der Waals surface area contributed by atoms with Crippen LogP contribution >= 0.6 is 0 Å². The first-order chi connectivity index (χ1) is 40.4. The van der Waals surface area contributed by atoms with E-state index in [9.17, 15) is 57.5 Å². The highest BCUT2D eigenvalue weighted by Gasteiger charge is 2.35. The molecule has 10 amide bonds. The monoisotopic (exact) mass is 1520 g/mol. The minimum absolute atomic E-state index is 0. The Kier molecular flexibility index (Phi) is 107. The molecule has 0 spiro atoms. The third-order valence-electron chi connectivity index (χ3n) is 11.3. The smallest absolute Gasteiger partial charge is 0.494 e. The van der Waals surface area contributed by atoms with Gasteiger partial charge in [-0.1, -0.05) is 165 Å². The van der Waals surface area contributed by atoms with Gasteiger partial charge in [0.15, 0.2) is 0 Å². The number of hydrogen-bond donors (Lipinski definition) is 2. The molecule has 4 aliphatic heterocycles. The molecule has 0 aromatic carbocycles. The van der Waals surface area contributed by atoms with Gasteiger partial charge >= 0.3 is 12.3 Å². The molecule has 628 valence electrons. The van der Waals surface area contributed by atoms with E-state index in [0.717, 1.165) is 34.1 Å². The van der Waals surface area contributed by atoms with Crippen LogP contribution < -0.4 is 10.6 Å². The highest BCUT2D eigenvalue weighted by Crippen LogP contribution is 2.14. The summed E-state index contributed by atoms with van der Waals surface area (Å²) >= 11 is 0. The number of hydroxylamine groups is 4. The van der Waals surface area contributed by atoms with Gasteiger partial charge in [-0.15, -0.1) is 0 Å². The van der Waals surface area contributed by atoms with Gasteiger partial charge in [0.05, 0.1) is 99.1 Å². The Morgan fingerprint density at radius 1 is 0.365 bits per heavy atom. The Morgan fingerprint density at radius 3 is 0.942 bits per heavy atom. The van der Waals surface area contributed by atoms with Crippen LogP contribution in [0.3, 0.4) is 0 Å². The standard InChI is InChI=1S/C51H72N6O27.20CH4/c1-35(30-82-39(33-72-18-16-70-20-26-80-50(68)83-56-46(64)8-9-47(56)65)34-73-19-17-71-21-27-81-51(69)84-57-48(66)10-11-49(57)67)76-28-29-79-38(31-74-22-24-77-36(2)52-40(58)12-14-54-42(60)4-5-43(54)61)32-75-23-25-78-37(3)53-41(59)13-15-55-44(62)6-7-45(55)63;;;;;;;;;;;;;;;;;;;;/h4-7,36-39H,1,8-34H2,2-3H3,(H,52,58)(H,53,59);20*1H4. The van der Waals surface area contributed by atoms with E-state index in [0.29, 0.717) is 10.1 Å². The largest absolute Gasteiger partial charge is 0.534 e. The lowest BCUT2D eigenvalue weighted by Crippen LogP contribution is -2.39. The normalized spacial score (nSPS) is 13.0. The molecular weight excluding hydrogens is 1370 g/mol. The van der Waals surface area contributed by atoms with Crippen LogP contribution in [0.15, 0.2) is 36.6 Å². The molecule has 2 atom stereocenters. The van der Waals surface area contributed by atoms with Crippen LogP contribution in [0.4, 0.5) is 9.59 Å². The maximum atomic E-state index is 12.4. The third kappa shape index (κ3) is 57.0. The van der Waals surface area contributed by atoms with E-state index in [1.807, 2.05) is 0 Å². The summed E-state index contributed by atoms with van der Waals surface area (Å²) in [4.78, 5) is 153. The fraction of sp³-hybridized carbons (Fsp3) is 0.746. The first-order valence-corrected chi connectivity index (χ1v) is 26.7. The molecule has 33 nitrogen and oxygen atoms in total. The van der Waals surface area contributed by atoms with Crippen molar-refractivity contribution in [2.24, 2.45) is 0 Å². The SMILES string of the molecule is C.C.C.C.C.C.C.C.C.C.C.C.C.C.C.C.C.C.C.C.C=C(COC(COCCOCCOC(=O)ON1C(=O)CCC1=O)COCCOCCOC(=O)ON1C(=O)CCC1=O)OCCOC(COCCOC(C)NC(=O)CCN1C(=O)C=CC1=O)COCCOC(C)NC(=O)CCN1C(=O)C=CC1=O. The zero-order valence-electron chi connectivity index (χ0n) is 46.7. The van der Waals surface area contributed by atoms with Gasteiger partial charge in [0.2, 0.25) is 11.8 Å². The zero-order valence-corrected chi connectivity index (χ0v) is 46.7. The summed E-state index contributed by atoms with van der Waals surface area (Å²) in [5.74, 6) is -5.23. The second-order valence-electron chi connectivity index (χ2n) is 17.9. The molecule has 33 heteroatoms. The maximum absolute atomic E-state index is 12.4. The lowest BCUT2D eigenvalue weighted by Gasteiger charge is -2.21. The first-order valence-electron chi connectivity index (χ1n) is 26.7. The fourth-order valence-corrected chi connectivity index (χ4v) is 7.10. The van der Waals surface area contributed by atoms with E-state index in [1.165, 1.54) is 0 Å². The van der Waals surface area contributed by atoms with E-state index in [1.54, 1.807) is 13.8 Å². The van der Waals surface area contributed by atoms with E-state index < -0.39 is 96.0 Å². The number of carbonyl (C=O) groups is 12. The van der Waals surface area contributed by atoms with Gasteiger partial charge < -0.3 is 72.2 Å². The van der Waals surface area contributed by atoms with Crippen LogP contribution in [0.1, 0.15) is 201 Å². The van der Waals surface area contributed by atoms with Crippen molar-refractivity contribution >= 4 is 71.4 Å². The number of carbonyl (C=O) groups excluding carboxylic acids is 12. The number of nitrogens with one attached hydrogen (secondary N) is 2. The average molecular weight is 1520 g/mol. The summed E-state index contributed by atoms with van der Waals surface area (Å²) in [5, 5.41) is 5.97. The summed E-state index contributed by atoms with van der Waals surface area (Å²) in [6.45, 7) is 6.97. The Hall–Kier alpha value is -7.34. The van der Waals surface area contributed by atoms with Gasteiger partial charge in [0, 0.05) is 75.9 Å². The third-order valence-corrected chi connectivity index (χ3v) is 11.3. The van der Waals surface area contributed by atoms with Gasteiger partial charge in [0.1, 0.15) is 56.9 Å². The van der Waals surface area contributed by atoms with Gasteiger partial charge in [-0.25, -0.2) is 9.59 Å². The van der Waals surface area contributed by atoms with E-state index in [-0.39, 0.29) is 331 Å². The van der Waals surface area contributed by atoms with Crippen LogP contribution in [0.5, 0.6) is 0 Å². The van der Waals surface area contributed by atoms with Crippen molar-refractivity contribution < 1.29 is 129 Å². The molecule has 0 bridgehead atoms. The zero-order chi connectivity index (χ0) is 61.1. The Bertz CT molecular complexity index is 2120. The van der Waals surface area contributed by atoms with Crippen LogP contribution in [0, 0.1) is 0 Å². The molecule has 104 heavy (non-hydrogen) atoms. The number of rotatable bonds is 46. The predicted octanol–water partition coefficient (Wildman–Crippen LogP) is 11.1. The number of nitrogens with zero attached hydrogens (tertiary/aromatic N) is 4. The molecule has 4 aliphatic rings. The van der Waals surface area contributed by atoms with Crippen molar-refractivity contribution in [3.63, 3.8) is 0 Å². The minimum Gasteiger partial charge on any atom is -0.494 e. The van der Waals surface area contributed by atoms with Crippen molar-refractivity contribution in [1.29, 1.82) is 0 Å². The minimum atomic E-state index is -1.24. The summed E-state index contributed by atoms with van der Waals surface area (Å²) in [6.07, 6.45) is -1.21. The van der Waals surface area contributed by atoms with Crippen LogP contribution in [-0.2, 0) is 119 Å². The topological polar surface area (TPSA) is 380 Å². The molecule has 0 aromatic heterocycles. The van der Waals surface area contributed by atoms with Crippen LogP contribution in [0.25, 0.3) is 0 Å². The molecule has 0 saturated carbocycles. The van der Waals surface area contributed by atoms with Gasteiger partial charge in [0.25, 0.3) is 47.3 Å². The number of hydrogen-bond acceptors (Lipinski definition) is 27. The molecule has 4 rings (SSSR count). The molecule has 2 N–H and O–H groups in total. The molecule has 2 saturated heterocycles. The summed E-state index contributed by atoms with van der Waals surface area (Å²) in [7, 11) is 0. The number of ether oxygens (including phenoxy) is 13. The van der Waals surface area contributed by atoms with E-state index in [4.69, 9.17) is 61.6 Å². The molecule has 0 aliphatic carbocycles. The van der Waals surface area contributed by atoms with Crippen LogP contribution in [-0.4, -0.2) is 255 Å². The average Bonchev–Trinajstić information content (AvgIpc) is 1.76.